The maximum absolute atomic E-state index is 12.8. The van der Waals surface area contributed by atoms with Gasteiger partial charge >= 0.3 is 6.18 Å². The highest BCUT2D eigenvalue weighted by Crippen LogP contribution is 2.32. The number of pyridine rings is 1. The fraction of sp³-hybridized carbons (Fsp3) is 0.381. The molecule has 0 saturated heterocycles. The van der Waals surface area contributed by atoms with Gasteiger partial charge in [0.05, 0.1) is 12.0 Å². The first-order valence-corrected chi connectivity index (χ1v) is 9.27. The van der Waals surface area contributed by atoms with Crippen LogP contribution in [-0.2, 0) is 17.4 Å². The summed E-state index contributed by atoms with van der Waals surface area (Å²) in [6.45, 7) is 7.69. The smallest absolute Gasteiger partial charge is 0.416 e. The first-order chi connectivity index (χ1) is 13.8. The standard InChI is InChI=1S/C21H24F3N3O3/c1-12(2)20(3,4)27-19(30)16-11-15(7-8-25-16)26-18(29)10-13-9-14(21(22,23)24)5-6-17(13)28/h5-9,11-12,28H,10H2,1-4H3,(H,27,30)(H,25,26,29). The van der Waals surface area contributed by atoms with Gasteiger partial charge in [0.15, 0.2) is 0 Å². The Hall–Kier alpha value is -3.10. The van der Waals surface area contributed by atoms with E-state index in [-0.39, 0.29) is 22.9 Å². The summed E-state index contributed by atoms with van der Waals surface area (Å²) in [4.78, 5) is 28.7. The Labute approximate surface area is 172 Å². The number of phenolic OH excluding ortho intramolecular Hbond substituents is 1. The molecule has 0 spiro atoms. The van der Waals surface area contributed by atoms with Crippen LogP contribution in [0.15, 0.2) is 36.5 Å². The van der Waals surface area contributed by atoms with Crippen molar-refractivity contribution < 1.29 is 27.9 Å². The summed E-state index contributed by atoms with van der Waals surface area (Å²) in [5.41, 5.74) is -1.25. The van der Waals surface area contributed by atoms with Crippen molar-refractivity contribution in [3.8, 4) is 5.75 Å². The highest BCUT2D eigenvalue weighted by molar-refractivity contribution is 5.96. The number of nitrogens with one attached hydrogen (secondary N) is 2. The molecule has 2 amide bonds. The van der Waals surface area contributed by atoms with Crippen LogP contribution in [0.4, 0.5) is 18.9 Å². The lowest BCUT2D eigenvalue weighted by Crippen LogP contribution is -2.47. The van der Waals surface area contributed by atoms with E-state index in [4.69, 9.17) is 0 Å². The van der Waals surface area contributed by atoms with E-state index in [1.54, 1.807) is 0 Å². The first kappa shape index (κ1) is 23.2. The number of phenols is 1. The van der Waals surface area contributed by atoms with E-state index in [0.717, 1.165) is 18.2 Å². The van der Waals surface area contributed by atoms with Crippen molar-refractivity contribution in [1.82, 2.24) is 10.3 Å². The summed E-state index contributed by atoms with van der Waals surface area (Å²) in [5, 5.41) is 15.1. The number of carbonyl (C=O) groups excluding carboxylic acids is 2. The third-order valence-corrected chi connectivity index (χ3v) is 4.91. The van der Waals surface area contributed by atoms with Gasteiger partial charge in [0.2, 0.25) is 5.91 Å². The van der Waals surface area contributed by atoms with E-state index < -0.39 is 41.3 Å². The Morgan fingerprint density at radius 2 is 1.80 bits per heavy atom. The number of hydrogen-bond donors (Lipinski definition) is 3. The Morgan fingerprint density at radius 3 is 2.40 bits per heavy atom. The zero-order valence-corrected chi connectivity index (χ0v) is 17.1. The van der Waals surface area contributed by atoms with Crippen LogP contribution in [0.25, 0.3) is 0 Å². The molecule has 0 aliphatic rings. The highest BCUT2D eigenvalue weighted by Gasteiger charge is 2.31. The topological polar surface area (TPSA) is 91.3 Å². The van der Waals surface area contributed by atoms with Crippen molar-refractivity contribution in [2.45, 2.75) is 45.8 Å². The number of benzene rings is 1. The van der Waals surface area contributed by atoms with Crippen LogP contribution < -0.4 is 10.6 Å². The lowest BCUT2D eigenvalue weighted by atomic mass is 9.90. The number of amides is 2. The highest BCUT2D eigenvalue weighted by atomic mass is 19.4. The second-order valence-corrected chi connectivity index (χ2v) is 7.83. The number of anilines is 1. The average molecular weight is 423 g/mol. The summed E-state index contributed by atoms with van der Waals surface area (Å²) in [6.07, 6.45) is -3.72. The van der Waals surface area contributed by atoms with Crippen LogP contribution in [0, 0.1) is 5.92 Å². The molecule has 0 aliphatic carbocycles. The van der Waals surface area contributed by atoms with E-state index in [2.05, 4.69) is 15.6 Å². The molecule has 0 aliphatic heterocycles. The zero-order valence-electron chi connectivity index (χ0n) is 17.1. The molecule has 0 fully saturated rings. The predicted octanol–water partition coefficient (Wildman–Crippen LogP) is 4.15. The summed E-state index contributed by atoms with van der Waals surface area (Å²) in [5.74, 6) is -1.31. The van der Waals surface area contributed by atoms with Gasteiger partial charge in [-0.2, -0.15) is 13.2 Å². The molecule has 1 aromatic carbocycles. The number of halogens is 3. The Kier molecular flexibility index (Phi) is 6.74. The van der Waals surface area contributed by atoms with Crippen molar-refractivity contribution in [2.75, 3.05) is 5.32 Å². The van der Waals surface area contributed by atoms with E-state index >= 15 is 0 Å². The third kappa shape index (κ3) is 5.95. The minimum absolute atomic E-state index is 0.0865. The largest absolute Gasteiger partial charge is 0.508 e. The Bertz CT molecular complexity index is 941. The number of hydrogen-bond acceptors (Lipinski definition) is 4. The number of alkyl halides is 3. The van der Waals surface area contributed by atoms with Crippen LogP contribution in [0.3, 0.4) is 0 Å². The molecule has 0 saturated carbocycles. The van der Waals surface area contributed by atoms with Gasteiger partial charge in [0.1, 0.15) is 11.4 Å². The summed E-state index contributed by atoms with van der Waals surface area (Å²) < 4.78 is 38.5. The Morgan fingerprint density at radius 1 is 1.13 bits per heavy atom. The molecular formula is C21H24F3N3O3. The molecular weight excluding hydrogens is 399 g/mol. The number of aromatic hydroxyl groups is 1. The molecule has 3 N–H and O–H groups in total. The van der Waals surface area contributed by atoms with E-state index in [1.165, 1.54) is 18.3 Å². The molecule has 1 heterocycles. The van der Waals surface area contributed by atoms with Gasteiger partial charge in [-0.15, -0.1) is 0 Å². The van der Waals surface area contributed by atoms with Crippen LogP contribution >= 0.6 is 0 Å². The normalized spacial score (nSPS) is 12.0. The van der Waals surface area contributed by atoms with Crippen molar-refractivity contribution in [2.24, 2.45) is 5.92 Å². The second kappa shape index (κ2) is 8.73. The van der Waals surface area contributed by atoms with E-state index in [1.807, 2.05) is 27.7 Å². The molecule has 2 rings (SSSR count). The first-order valence-electron chi connectivity index (χ1n) is 9.27. The molecule has 162 valence electrons. The average Bonchev–Trinajstić information content (AvgIpc) is 2.62. The van der Waals surface area contributed by atoms with Gasteiger partial charge < -0.3 is 15.7 Å². The maximum atomic E-state index is 12.8. The Balaban J connectivity index is 2.12. The van der Waals surface area contributed by atoms with Gasteiger partial charge in [-0.05, 0) is 50.1 Å². The quantitative estimate of drug-likeness (QED) is 0.651. The number of rotatable bonds is 6. The fourth-order valence-electron chi connectivity index (χ4n) is 2.42. The number of carbonyl (C=O) groups is 2. The summed E-state index contributed by atoms with van der Waals surface area (Å²) >= 11 is 0. The lowest BCUT2D eigenvalue weighted by Gasteiger charge is -2.30. The van der Waals surface area contributed by atoms with Gasteiger partial charge in [0.25, 0.3) is 5.91 Å². The SMILES string of the molecule is CC(C)C(C)(C)NC(=O)c1cc(NC(=O)Cc2cc(C(F)(F)F)ccc2O)ccn1. The summed E-state index contributed by atoms with van der Waals surface area (Å²) in [6, 6.07) is 5.19. The molecule has 1 aromatic heterocycles. The molecule has 9 heteroatoms. The summed E-state index contributed by atoms with van der Waals surface area (Å²) in [7, 11) is 0. The zero-order chi connectivity index (χ0) is 22.7. The van der Waals surface area contributed by atoms with Gasteiger partial charge in [0, 0.05) is 23.0 Å². The third-order valence-electron chi connectivity index (χ3n) is 4.91. The van der Waals surface area contributed by atoms with Crippen LogP contribution in [-0.4, -0.2) is 27.4 Å². The molecule has 30 heavy (non-hydrogen) atoms. The number of aromatic nitrogens is 1. The lowest BCUT2D eigenvalue weighted by molar-refractivity contribution is -0.137. The van der Waals surface area contributed by atoms with Crippen LogP contribution in [0.5, 0.6) is 5.75 Å². The van der Waals surface area contributed by atoms with Crippen LogP contribution in [0.1, 0.15) is 49.3 Å². The minimum atomic E-state index is -4.59. The molecule has 0 atom stereocenters. The van der Waals surface area contributed by atoms with Gasteiger partial charge in [-0.25, -0.2) is 0 Å². The van der Waals surface area contributed by atoms with Crippen molar-refractivity contribution in [3.63, 3.8) is 0 Å². The van der Waals surface area contributed by atoms with E-state index in [9.17, 15) is 27.9 Å². The molecule has 0 bridgehead atoms. The van der Waals surface area contributed by atoms with Crippen molar-refractivity contribution in [3.05, 3.63) is 53.3 Å². The van der Waals surface area contributed by atoms with E-state index in [0.29, 0.717) is 0 Å². The molecule has 0 radical (unpaired) electrons. The molecule has 6 nitrogen and oxygen atoms in total. The second-order valence-electron chi connectivity index (χ2n) is 7.83. The van der Waals surface area contributed by atoms with Crippen LogP contribution in [0.2, 0.25) is 0 Å². The molecule has 0 unspecified atom stereocenters. The predicted molar refractivity (Wildman–Crippen MR) is 106 cm³/mol. The minimum Gasteiger partial charge on any atom is -0.508 e. The van der Waals surface area contributed by atoms with Crippen molar-refractivity contribution >= 4 is 17.5 Å². The monoisotopic (exact) mass is 423 g/mol. The molecule has 2 aromatic rings. The van der Waals surface area contributed by atoms with Gasteiger partial charge in [-0.1, -0.05) is 13.8 Å². The number of nitrogens with zero attached hydrogens (tertiary/aromatic N) is 1. The maximum Gasteiger partial charge on any atom is 0.416 e. The van der Waals surface area contributed by atoms with Crippen molar-refractivity contribution in [1.29, 1.82) is 0 Å². The van der Waals surface area contributed by atoms with Gasteiger partial charge in [-0.3, -0.25) is 14.6 Å². The fourth-order valence-corrected chi connectivity index (χ4v) is 2.42.